The van der Waals surface area contributed by atoms with Crippen LogP contribution < -0.4 is 5.32 Å². The van der Waals surface area contributed by atoms with Crippen molar-refractivity contribution < 1.29 is 14.7 Å². The maximum absolute atomic E-state index is 12.3. The van der Waals surface area contributed by atoms with E-state index in [2.05, 4.69) is 15.5 Å². The number of rotatable bonds is 5. The summed E-state index contributed by atoms with van der Waals surface area (Å²) >= 11 is 0. The fraction of sp³-hybridized carbons (Fsp3) is 0.286. The van der Waals surface area contributed by atoms with Crippen molar-refractivity contribution in [3.8, 4) is 5.69 Å². The predicted octanol–water partition coefficient (Wildman–Crippen LogP) is 1.17. The molecule has 0 bridgehead atoms. The molecule has 0 aliphatic heterocycles. The van der Waals surface area contributed by atoms with Crippen molar-refractivity contribution >= 4 is 11.9 Å². The Balaban J connectivity index is 2.28. The van der Waals surface area contributed by atoms with Crippen LogP contribution in [0.2, 0.25) is 0 Å². The van der Waals surface area contributed by atoms with E-state index in [4.69, 9.17) is 5.11 Å². The molecule has 7 nitrogen and oxygen atoms in total. The van der Waals surface area contributed by atoms with Gasteiger partial charge < -0.3 is 10.4 Å². The summed E-state index contributed by atoms with van der Waals surface area (Å²) in [5.41, 5.74) is 1.87. The highest BCUT2D eigenvalue weighted by Crippen LogP contribution is 2.15. The van der Waals surface area contributed by atoms with E-state index in [0.717, 1.165) is 5.56 Å². The number of aliphatic carboxylic acids is 1. The van der Waals surface area contributed by atoms with E-state index >= 15 is 0 Å². The van der Waals surface area contributed by atoms with Gasteiger partial charge in [0.1, 0.15) is 0 Å². The van der Waals surface area contributed by atoms with E-state index in [0.29, 0.717) is 11.3 Å². The average molecular weight is 288 g/mol. The molecule has 0 saturated carbocycles. The quantitative estimate of drug-likeness (QED) is 0.860. The van der Waals surface area contributed by atoms with Crippen molar-refractivity contribution in [1.82, 2.24) is 20.3 Å². The molecule has 110 valence electrons. The van der Waals surface area contributed by atoms with Crippen LogP contribution >= 0.6 is 0 Å². The summed E-state index contributed by atoms with van der Waals surface area (Å²) in [6.45, 7) is 3.52. The molecule has 0 aliphatic rings. The van der Waals surface area contributed by atoms with Crippen LogP contribution in [0.5, 0.6) is 0 Å². The zero-order valence-electron chi connectivity index (χ0n) is 11.8. The second-order valence-corrected chi connectivity index (χ2v) is 4.81. The molecule has 2 aromatic rings. The average Bonchev–Trinajstić information content (AvgIpc) is 2.91. The smallest absolute Gasteiger partial charge is 0.305 e. The number of aromatic nitrogens is 3. The number of hydrogen-bond acceptors (Lipinski definition) is 4. The Morgan fingerprint density at radius 3 is 2.62 bits per heavy atom. The van der Waals surface area contributed by atoms with Crippen molar-refractivity contribution in [2.45, 2.75) is 26.3 Å². The Bertz CT molecular complexity index is 652. The van der Waals surface area contributed by atoms with E-state index in [9.17, 15) is 9.59 Å². The molecule has 1 atom stereocenters. The lowest BCUT2D eigenvalue weighted by Crippen LogP contribution is -2.34. The molecule has 1 aromatic heterocycles. The Morgan fingerprint density at radius 1 is 1.33 bits per heavy atom. The molecule has 0 spiro atoms. The van der Waals surface area contributed by atoms with Gasteiger partial charge in [0.2, 0.25) is 0 Å². The van der Waals surface area contributed by atoms with Gasteiger partial charge in [-0.25, -0.2) is 0 Å². The molecule has 0 saturated heterocycles. The minimum Gasteiger partial charge on any atom is -0.481 e. The van der Waals surface area contributed by atoms with Gasteiger partial charge in [-0.3, -0.25) is 9.59 Å². The van der Waals surface area contributed by atoms with E-state index in [1.165, 1.54) is 17.2 Å². The van der Waals surface area contributed by atoms with Gasteiger partial charge in [-0.05, 0) is 26.0 Å². The van der Waals surface area contributed by atoms with Crippen LogP contribution in [-0.2, 0) is 4.79 Å². The Kier molecular flexibility index (Phi) is 4.32. The zero-order chi connectivity index (χ0) is 15.4. The second-order valence-electron chi connectivity index (χ2n) is 4.81. The topological polar surface area (TPSA) is 97.1 Å². The first kappa shape index (κ1) is 14.7. The number of hydrogen-bond donors (Lipinski definition) is 2. The molecule has 2 N–H and O–H groups in total. The van der Waals surface area contributed by atoms with Crippen molar-refractivity contribution in [1.29, 1.82) is 0 Å². The van der Waals surface area contributed by atoms with Gasteiger partial charge in [-0.1, -0.05) is 11.6 Å². The van der Waals surface area contributed by atoms with Crippen LogP contribution in [0.25, 0.3) is 5.69 Å². The van der Waals surface area contributed by atoms with E-state index in [1.807, 2.05) is 13.0 Å². The third-order valence-electron chi connectivity index (χ3n) is 2.89. The van der Waals surface area contributed by atoms with Crippen molar-refractivity contribution in [3.63, 3.8) is 0 Å². The van der Waals surface area contributed by atoms with Gasteiger partial charge in [0.25, 0.3) is 5.91 Å². The van der Waals surface area contributed by atoms with E-state index in [1.54, 1.807) is 19.1 Å². The Hall–Kier alpha value is -2.70. The molecule has 1 aromatic carbocycles. The van der Waals surface area contributed by atoms with Gasteiger partial charge in [0.05, 0.1) is 30.1 Å². The van der Waals surface area contributed by atoms with Crippen molar-refractivity contribution in [2.24, 2.45) is 0 Å². The number of carboxylic acids is 1. The van der Waals surface area contributed by atoms with Crippen molar-refractivity contribution in [3.05, 3.63) is 41.7 Å². The number of carboxylic acid groups (broad SMARTS) is 1. The number of aryl methyl sites for hydroxylation is 1. The van der Waals surface area contributed by atoms with Gasteiger partial charge in [0.15, 0.2) is 0 Å². The molecule has 0 fully saturated rings. The molecule has 0 unspecified atom stereocenters. The monoisotopic (exact) mass is 288 g/mol. The van der Waals surface area contributed by atoms with Crippen molar-refractivity contribution in [2.75, 3.05) is 0 Å². The fourth-order valence-corrected chi connectivity index (χ4v) is 1.96. The number of benzene rings is 1. The van der Waals surface area contributed by atoms with Crippen LogP contribution in [0.1, 0.15) is 29.3 Å². The standard InChI is InChI=1S/C14H16N4O3/c1-9-3-4-12(18-15-5-6-16-18)11(7-9)14(21)17-10(2)8-13(19)20/h3-7,10H,8H2,1-2H3,(H,17,21)(H,19,20)/t10-/m0/s1. The number of carbonyl (C=O) groups is 2. The number of nitrogens with zero attached hydrogens (tertiary/aromatic N) is 3. The summed E-state index contributed by atoms with van der Waals surface area (Å²) in [6, 6.07) is 4.87. The van der Waals surface area contributed by atoms with Gasteiger partial charge in [0, 0.05) is 6.04 Å². The largest absolute Gasteiger partial charge is 0.481 e. The Morgan fingerprint density at radius 2 is 2.00 bits per heavy atom. The van der Waals surface area contributed by atoms with E-state index < -0.39 is 12.0 Å². The zero-order valence-corrected chi connectivity index (χ0v) is 11.8. The van der Waals surface area contributed by atoms with Crippen LogP contribution in [0, 0.1) is 6.92 Å². The van der Waals surface area contributed by atoms with Gasteiger partial charge in [-0.2, -0.15) is 15.0 Å². The first-order valence-corrected chi connectivity index (χ1v) is 6.47. The molecule has 0 aliphatic carbocycles. The highest BCUT2D eigenvalue weighted by atomic mass is 16.4. The maximum Gasteiger partial charge on any atom is 0.305 e. The third-order valence-corrected chi connectivity index (χ3v) is 2.89. The molecule has 0 radical (unpaired) electrons. The SMILES string of the molecule is Cc1ccc(-n2nccn2)c(C(=O)N[C@@H](C)CC(=O)O)c1. The summed E-state index contributed by atoms with van der Waals surface area (Å²) < 4.78 is 0. The van der Waals surface area contributed by atoms with Crippen LogP contribution in [0.3, 0.4) is 0 Å². The summed E-state index contributed by atoms with van der Waals surface area (Å²) in [4.78, 5) is 24.3. The number of amides is 1. The maximum atomic E-state index is 12.3. The molecule has 1 heterocycles. The molecule has 21 heavy (non-hydrogen) atoms. The highest BCUT2D eigenvalue weighted by Gasteiger charge is 2.17. The second kappa shape index (κ2) is 6.17. The normalized spacial score (nSPS) is 11.9. The number of nitrogens with one attached hydrogen (secondary N) is 1. The highest BCUT2D eigenvalue weighted by molar-refractivity contribution is 5.98. The molecule has 2 rings (SSSR count). The first-order chi connectivity index (χ1) is 9.97. The fourth-order valence-electron chi connectivity index (χ4n) is 1.96. The lowest BCUT2D eigenvalue weighted by molar-refractivity contribution is -0.137. The lowest BCUT2D eigenvalue weighted by Gasteiger charge is -2.14. The van der Waals surface area contributed by atoms with Gasteiger partial charge in [-0.15, -0.1) is 0 Å². The van der Waals surface area contributed by atoms with E-state index in [-0.39, 0.29) is 12.3 Å². The molecule has 7 heteroatoms. The summed E-state index contributed by atoms with van der Waals surface area (Å²) in [7, 11) is 0. The van der Waals surface area contributed by atoms with Gasteiger partial charge >= 0.3 is 5.97 Å². The predicted molar refractivity (Wildman–Crippen MR) is 75.3 cm³/mol. The summed E-state index contributed by atoms with van der Waals surface area (Å²) in [5, 5.41) is 19.4. The van der Waals surface area contributed by atoms with Crippen LogP contribution in [-0.4, -0.2) is 38.0 Å². The third kappa shape index (κ3) is 3.65. The summed E-state index contributed by atoms with van der Waals surface area (Å²) in [5.74, 6) is -1.30. The first-order valence-electron chi connectivity index (χ1n) is 6.47. The molecular weight excluding hydrogens is 272 g/mol. The minimum atomic E-state index is -0.957. The summed E-state index contributed by atoms with van der Waals surface area (Å²) in [6.07, 6.45) is 2.91. The Labute approximate surface area is 121 Å². The lowest BCUT2D eigenvalue weighted by atomic mass is 10.1. The van der Waals surface area contributed by atoms with Crippen LogP contribution in [0.4, 0.5) is 0 Å². The molecule has 1 amide bonds. The van der Waals surface area contributed by atoms with Crippen LogP contribution in [0.15, 0.2) is 30.6 Å². The number of carbonyl (C=O) groups excluding carboxylic acids is 1. The minimum absolute atomic E-state index is 0.132. The molecular formula is C14H16N4O3.